The first-order valence-electron chi connectivity index (χ1n) is 7.61. The number of nitrogens with zero attached hydrogens (tertiary/aromatic N) is 2. The van der Waals surface area contributed by atoms with Crippen LogP contribution in [0.5, 0.6) is 0 Å². The summed E-state index contributed by atoms with van der Waals surface area (Å²) >= 11 is 1.81. The van der Waals surface area contributed by atoms with Gasteiger partial charge in [-0.3, -0.25) is 4.98 Å². The van der Waals surface area contributed by atoms with Crippen LogP contribution in [0.4, 0.5) is 0 Å². The van der Waals surface area contributed by atoms with Gasteiger partial charge in [-0.1, -0.05) is 13.8 Å². The highest BCUT2D eigenvalue weighted by molar-refractivity contribution is 7.15. The maximum atomic E-state index is 4.86. The molecule has 0 aliphatic rings. The van der Waals surface area contributed by atoms with Gasteiger partial charge in [-0.15, -0.1) is 11.3 Å². The van der Waals surface area contributed by atoms with Gasteiger partial charge in [0.05, 0.1) is 5.69 Å². The lowest BCUT2D eigenvalue weighted by atomic mass is 10.1. The van der Waals surface area contributed by atoms with E-state index in [9.17, 15) is 0 Å². The molecule has 2 heterocycles. The first kappa shape index (κ1) is 16.1. The molecule has 0 saturated carbocycles. The van der Waals surface area contributed by atoms with Gasteiger partial charge in [-0.05, 0) is 45.2 Å². The molecule has 2 rings (SSSR count). The SMILES string of the molecule is CCc1cnccc1-c1nc(CC)c(CNC(C)(C)C)s1. The third-order valence-corrected chi connectivity index (χ3v) is 4.54. The second-order valence-corrected chi connectivity index (χ2v) is 7.32. The second-order valence-electron chi connectivity index (χ2n) is 6.23. The highest BCUT2D eigenvalue weighted by Gasteiger charge is 2.16. The molecule has 0 aliphatic carbocycles. The fourth-order valence-electron chi connectivity index (χ4n) is 2.18. The van der Waals surface area contributed by atoms with E-state index in [1.54, 1.807) is 11.3 Å². The minimum atomic E-state index is 0.125. The topological polar surface area (TPSA) is 37.8 Å². The molecule has 2 aromatic rings. The molecule has 4 heteroatoms. The Labute approximate surface area is 131 Å². The van der Waals surface area contributed by atoms with Gasteiger partial charge in [0.15, 0.2) is 0 Å². The first-order chi connectivity index (χ1) is 9.94. The van der Waals surface area contributed by atoms with Crippen molar-refractivity contribution in [3.8, 4) is 10.6 Å². The summed E-state index contributed by atoms with van der Waals surface area (Å²) in [7, 11) is 0. The number of hydrogen-bond acceptors (Lipinski definition) is 4. The van der Waals surface area contributed by atoms with E-state index in [0.29, 0.717) is 0 Å². The number of rotatable bonds is 5. The molecule has 0 spiro atoms. The quantitative estimate of drug-likeness (QED) is 0.898. The summed E-state index contributed by atoms with van der Waals surface area (Å²) in [5.74, 6) is 0. The Bertz CT molecular complexity index is 596. The van der Waals surface area contributed by atoms with Crippen LogP contribution < -0.4 is 5.32 Å². The molecule has 0 bridgehead atoms. The number of aryl methyl sites for hydroxylation is 2. The summed E-state index contributed by atoms with van der Waals surface area (Å²) in [5, 5.41) is 4.69. The lowest BCUT2D eigenvalue weighted by Gasteiger charge is -2.20. The van der Waals surface area contributed by atoms with Gasteiger partial charge in [-0.25, -0.2) is 4.98 Å². The summed E-state index contributed by atoms with van der Waals surface area (Å²) in [6.45, 7) is 11.8. The molecule has 2 aromatic heterocycles. The Kier molecular flexibility index (Phi) is 5.12. The lowest BCUT2D eigenvalue weighted by Crippen LogP contribution is -2.35. The molecule has 0 saturated heterocycles. The van der Waals surface area contributed by atoms with Crippen LogP contribution >= 0.6 is 11.3 Å². The highest BCUT2D eigenvalue weighted by atomic mass is 32.1. The van der Waals surface area contributed by atoms with E-state index in [2.05, 4.69) is 51.0 Å². The largest absolute Gasteiger partial charge is 0.307 e. The van der Waals surface area contributed by atoms with E-state index in [1.165, 1.54) is 21.7 Å². The van der Waals surface area contributed by atoms with Crippen LogP contribution in [-0.2, 0) is 19.4 Å². The van der Waals surface area contributed by atoms with Crippen molar-refractivity contribution in [2.75, 3.05) is 0 Å². The second kappa shape index (κ2) is 6.67. The van der Waals surface area contributed by atoms with E-state index in [4.69, 9.17) is 4.98 Å². The van der Waals surface area contributed by atoms with Gasteiger partial charge in [-0.2, -0.15) is 0 Å². The maximum Gasteiger partial charge on any atom is 0.124 e. The van der Waals surface area contributed by atoms with Crippen molar-refractivity contribution in [1.29, 1.82) is 0 Å². The normalized spacial score (nSPS) is 11.9. The summed E-state index contributed by atoms with van der Waals surface area (Å²) in [5.41, 5.74) is 3.84. The fourth-order valence-corrected chi connectivity index (χ4v) is 3.33. The first-order valence-corrected chi connectivity index (χ1v) is 8.43. The Morgan fingerprint density at radius 1 is 1.19 bits per heavy atom. The number of nitrogens with one attached hydrogen (secondary N) is 1. The third kappa shape index (κ3) is 4.11. The van der Waals surface area contributed by atoms with Crippen LogP contribution in [0.25, 0.3) is 10.6 Å². The van der Waals surface area contributed by atoms with Crippen LogP contribution in [0.15, 0.2) is 18.5 Å². The predicted molar refractivity (Wildman–Crippen MR) is 90.7 cm³/mol. The molecular formula is C17H25N3S. The summed E-state index contributed by atoms with van der Waals surface area (Å²) in [6, 6.07) is 2.08. The van der Waals surface area contributed by atoms with Gasteiger partial charge < -0.3 is 5.32 Å². The predicted octanol–water partition coefficient (Wildman–Crippen LogP) is 4.22. The van der Waals surface area contributed by atoms with E-state index < -0.39 is 0 Å². The Morgan fingerprint density at radius 3 is 2.57 bits per heavy atom. The lowest BCUT2D eigenvalue weighted by molar-refractivity contribution is 0.425. The van der Waals surface area contributed by atoms with Crippen molar-refractivity contribution in [3.05, 3.63) is 34.6 Å². The Morgan fingerprint density at radius 2 is 1.95 bits per heavy atom. The van der Waals surface area contributed by atoms with Gasteiger partial charge in [0, 0.05) is 34.9 Å². The molecule has 0 amide bonds. The highest BCUT2D eigenvalue weighted by Crippen LogP contribution is 2.31. The zero-order valence-corrected chi connectivity index (χ0v) is 14.5. The smallest absolute Gasteiger partial charge is 0.124 e. The summed E-state index contributed by atoms with van der Waals surface area (Å²) in [4.78, 5) is 10.4. The number of aromatic nitrogens is 2. The van der Waals surface area contributed by atoms with Crippen LogP contribution in [0.2, 0.25) is 0 Å². The van der Waals surface area contributed by atoms with Crippen molar-refractivity contribution in [2.24, 2.45) is 0 Å². The maximum absolute atomic E-state index is 4.86. The molecule has 0 unspecified atom stereocenters. The standard InChI is InChI=1S/C17H25N3S/c1-6-12-10-18-9-8-13(12)16-20-14(7-2)15(21-16)11-19-17(3,4)5/h8-10,19H,6-7,11H2,1-5H3. The molecule has 114 valence electrons. The van der Waals surface area contributed by atoms with Crippen LogP contribution in [-0.4, -0.2) is 15.5 Å². The van der Waals surface area contributed by atoms with Gasteiger partial charge in [0.1, 0.15) is 5.01 Å². The van der Waals surface area contributed by atoms with Crippen molar-refractivity contribution < 1.29 is 0 Å². The third-order valence-electron chi connectivity index (χ3n) is 3.41. The molecule has 0 fully saturated rings. The number of thiazole rings is 1. The van der Waals surface area contributed by atoms with Crippen molar-refractivity contribution in [1.82, 2.24) is 15.3 Å². The van der Waals surface area contributed by atoms with E-state index in [1.807, 2.05) is 12.4 Å². The number of pyridine rings is 1. The van der Waals surface area contributed by atoms with Crippen molar-refractivity contribution in [3.63, 3.8) is 0 Å². The Balaban J connectivity index is 2.32. The summed E-state index contributed by atoms with van der Waals surface area (Å²) < 4.78 is 0. The molecule has 0 radical (unpaired) electrons. The van der Waals surface area contributed by atoms with E-state index >= 15 is 0 Å². The van der Waals surface area contributed by atoms with Gasteiger partial charge in [0.2, 0.25) is 0 Å². The average Bonchev–Trinajstić information content (AvgIpc) is 2.87. The Hall–Kier alpha value is -1.26. The molecular weight excluding hydrogens is 278 g/mol. The monoisotopic (exact) mass is 303 g/mol. The number of hydrogen-bond donors (Lipinski definition) is 1. The molecule has 21 heavy (non-hydrogen) atoms. The van der Waals surface area contributed by atoms with E-state index in [0.717, 1.165) is 24.4 Å². The minimum Gasteiger partial charge on any atom is -0.307 e. The molecule has 1 N–H and O–H groups in total. The van der Waals surface area contributed by atoms with Crippen LogP contribution in [0.3, 0.4) is 0 Å². The molecule has 3 nitrogen and oxygen atoms in total. The molecule has 0 aliphatic heterocycles. The molecule has 0 atom stereocenters. The molecule has 0 aromatic carbocycles. The summed E-state index contributed by atoms with van der Waals surface area (Å²) in [6.07, 6.45) is 5.77. The van der Waals surface area contributed by atoms with Gasteiger partial charge >= 0.3 is 0 Å². The van der Waals surface area contributed by atoms with Crippen LogP contribution in [0.1, 0.15) is 50.8 Å². The zero-order chi connectivity index (χ0) is 15.5. The average molecular weight is 303 g/mol. The zero-order valence-electron chi connectivity index (χ0n) is 13.7. The van der Waals surface area contributed by atoms with E-state index in [-0.39, 0.29) is 5.54 Å². The minimum absolute atomic E-state index is 0.125. The fraction of sp³-hybridized carbons (Fsp3) is 0.529. The van der Waals surface area contributed by atoms with Crippen LogP contribution in [0, 0.1) is 0 Å². The van der Waals surface area contributed by atoms with Crippen molar-refractivity contribution >= 4 is 11.3 Å². The van der Waals surface area contributed by atoms with Crippen molar-refractivity contribution in [2.45, 2.75) is 59.5 Å². The van der Waals surface area contributed by atoms with Gasteiger partial charge in [0.25, 0.3) is 0 Å².